The van der Waals surface area contributed by atoms with Gasteiger partial charge in [-0.2, -0.15) is 0 Å². The average molecular weight is 207 g/mol. The van der Waals surface area contributed by atoms with Gasteiger partial charge in [0.1, 0.15) is 5.75 Å². The molecule has 4 nitrogen and oxygen atoms in total. The highest BCUT2D eigenvalue weighted by atomic mass is 16.4. The van der Waals surface area contributed by atoms with Gasteiger partial charge < -0.3 is 15.9 Å². The van der Waals surface area contributed by atoms with E-state index in [1.807, 2.05) is 0 Å². The minimum absolute atomic E-state index is 0.0632. The Morgan fingerprint density at radius 2 is 2.20 bits per heavy atom. The topological polar surface area (TPSA) is 83.6 Å². The monoisotopic (exact) mass is 207 g/mol. The zero-order valence-corrected chi connectivity index (χ0v) is 8.18. The van der Waals surface area contributed by atoms with E-state index in [4.69, 9.17) is 10.8 Å². The van der Waals surface area contributed by atoms with Crippen molar-refractivity contribution in [1.29, 1.82) is 0 Å². The summed E-state index contributed by atoms with van der Waals surface area (Å²) in [5.41, 5.74) is 5.94. The quantitative estimate of drug-likeness (QED) is 0.697. The van der Waals surface area contributed by atoms with Crippen LogP contribution in [0.5, 0.6) is 5.75 Å². The van der Waals surface area contributed by atoms with Crippen molar-refractivity contribution in [3.8, 4) is 5.75 Å². The normalized spacial score (nSPS) is 10.7. The molecule has 15 heavy (non-hydrogen) atoms. The van der Waals surface area contributed by atoms with Gasteiger partial charge in [0.15, 0.2) is 0 Å². The Balaban J connectivity index is 2.95. The second kappa shape index (κ2) is 5.17. The molecule has 0 fully saturated rings. The van der Waals surface area contributed by atoms with Crippen LogP contribution in [0.3, 0.4) is 0 Å². The fraction of sp³-hybridized carbons (Fsp3) is 0.182. The number of nitrogens with two attached hydrogens (primary N) is 1. The van der Waals surface area contributed by atoms with Crippen LogP contribution in [0.25, 0.3) is 6.08 Å². The number of rotatable bonds is 4. The first-order chi connectivity index (χ1) is 7.15. The van der Waals surface area contributed by atoms with E-state index in [-0.39, 0.29) is 11.3 Å². The van der Waals surface area contributed by atoms with E-state index in [0.29, 0.717) is 18.5 Å². The van der Waals surface area contributed by atoms with Gasteiger partial charge in [0, 0.05) is 5.56 Å². The van der Waals surface area contributed by atoms with Gasteiger partial charge in [0.2, 0.25) is 0 Å². The van der Waals surface area contributed by atoms with Crippen molar-refractivity contribution in [2.24, 2.45) is 5.73 Å². The van der Waals surface area contributed by atoms with Crippen LogP contribution in [-0.4, -0.2) is 22.7 Å². The molecule has 80 valence electrons. The van der Waals surface area contributed by atoms with E-state index in [0.717, 1.165) is 0 Å². The predicted molar refractivity (Wildman–Crippen MR) is 57.8 cm³/mol. The number of carboxylic acids is 1. The van der Waals surface area contributed by atoms with Gasteiger partial charge in [-0.1, -0.05) is 12.2 Å². The summed E-state index contributed by atoms with van der Waals surface area (Å²) in [5, 5.41) is 18.2. The fourth-order valence-electron chi connectivity index (χ4n) is 1.13. The maximum absolute atomic E-state index is 10.7. The standard InChI is InChI=1S/C11H13NO3/c12-6-2-1-3-8-7-9(11(14)15)4-5-10(8)13/h1,3-5,7,13H,2,6,12H2,(H,14,15). The van der Waals surface area contributed by atoms with Gasteiger partial charge in [0.25, 0.3) is 0 Å². The van der Waals surface area contributed by atoms with Crippen LogP contribution in [0.2, 0.25) is 0 Å². The van der Waals surface area contributed by atoms with E-state index >= 15 is 0 Å². The lowest BCUT2D eigenvalue weighted by Crippen LogP contribution is -1.96. The summed E-state index contributed by atoms with van der Waals surface area (Å²) in [7, 11) is 0. The maximum atomic E-state index is 10.7. The van der Waals surface area contributed by atoms with Crippen LogP contribution < -0.4 is 5.73 Å². The summed E-state index contributed by atoms with van der Waals surface area (Å²) in [6.07, 6.45) is 4.14. The smallest absolute Gasteiger partial charge is 0.335 e. The lowest BCUT2D eigenvalue weighted by molar-refractivity contribution is 0.0697. The van der Waals surface area contributed by atoms with Gasteiger partial charge >= 0.3 is 5.97 Å². The largest absolute Gasteiger partial charge is 0.507 e. The molecule has 0 saturated carbocycles. The Morgan fingerprint density at radius 1 is 1.47 bits per heavy atom. The highest BCUT2D eigenvalue weighted by molar-refractivity contribution is 5.88. The van der Waals surface area contributed by atoms with Crippen LogP contribution in [0.15, 0.2) is 24.3 Å². The summed E-state index contributed by atoms with van der Waals surface area (Å²) in [5.74, 6) is -0.947. The van der Waals surface area contributed by atoms with Crippen molar-refractivity contribution in [3.63, 3.8) is 0 Å². The van der Waals surface area contributed by atoms with Crippen molar-refractivity contribution in [2.75, 3.05) is 6.54 Å². The van der Waals surface area contributed by atoms with Crippen LogP contribution in [0, 0.1) is 0 Å². The molecular formula is C11H13NO3. The summed E-state index contributed by atoms with van der Waals surface area (Å²) in [4.78, 5) is 10.7. The molecule has 0 unspecified atom stereocenters. The Hall–Kier alpha value is -1.81. The Bertz CT molecular complexity index is 385. The summed E-state index contributed by atoms with van der Waals surface area (Å²) >= 11 is 0. The summed E-state index contributed by atoms with van der Waals surface area (Å²) in [6.45, 7) is 0.524. The third-order valence-corrected chi connectivity index (χ3v) is 1.91. The molecule has 0 saturated heterocycles. The SMILES string of the molecule is NCCC=Cc1cc(C(=O)O)ccc1O. The first-order valence-electron chi connectivity index (χ1n) is 4.58. The van der Waals surface area contributed by atoms with Crippen LogP contribution >= 0.6 is 0 Å². The molecule has 0 aliphatic rings. The molecule has 0 radical (unpaired) electrons. The van der Waals surface area contributed by atoms with Crippen LogP contribution in [-0.2, 0) is 0 Å². The predicted octanol–water partition coefficient (Wildman–Crippen LogP) is 1.45. The zero-order valence-electron chi connectivity index (χ0n) is 8.18. The molecular weight excluding hydrogens is 194 g/mol. The molecule has 0 spiro atoms. The van der Waals surface area contributed by atoms with E-state index in [2.05, 4.69) is 0 Å². The molecule has 0 aliphatic carbocycles. The maximum Gasteiger partial charge on any atom is 0.335 e. The Kier molecular flexibility index (Phi) is 3.88. The number of carboxylic acid groups (broad SMARTS) is 1. The highest BCUT2D eigenvalue weighted by Gasteiger charge is 2.05. The molecule has 0 aromatic heterocycles. The molecule has 1 aromatic rings. The molecule has 1 aromatic carbocycles. The third kappa shape index (κ3) is 3.11. The molecule has 4 heteroatoms. The molecule has 0 amide bonds. The number of phenols is 1. The van der Waals surface area contributed by atoms with Crippen LogP contribution in [0.1, 0.15) is 22.3 Å². The second-order valence-corrected chi connectivity index (χ2v) is 3.06. The molecule has 0 bridgehead atoms. The number of aromatic hydroxyl groups is 1. The zero-order chi connectivity index (χ0) is 11.3. The van der Waals surface area contributed by atoms with Crippen molar-refractivity contribution in [1.82, 2.24) is 0 Å². The first-order valence-corrected chi connectivity index (χ1v) is 4.58. The lowest BCUT2D eigenvalue weighted by Gasteiger charge is -2.00. The minimum atomic E-state index is -1.01. The van der Waals surface area contributed by atoms with Crippen molar-refractivity contribution >= 4 is 12.0 Å². The van der Waals surface area contributed by atoms with Gasteiger partial charge in [-0.25, -0.2) is 4.79 Å². The number of aromatic carboxylic acids is 1. The average Bonchev–Trinajstić information content (AvgIpc) is 2.20. The molecule has 0 heterocycles. The molecule has 4 N–H and O–H groups in total. The highest BCUT2D eigenvalue weighted by Crippen LogP contribution is 2.20. The molecule has 0 aliphatic heterocycles. The van der Waals surface area contributed by atoms with E-state index in [1.54, 1.807) is 12.2 Å². The van der Waals surface area contributed by atoms with E-state index < -0.39 is 5.97 Å². The van der Waals surface area contributed by atoms with Crippen molar-refractivity contribution < 1.29 is 15.0 Å². The number of phenolic OH excluding ortho intramolecular Hbond substituents is 1. The minimum Gasteiger partial charge on any atom is -0.507 e. The lowest BCUT2D eigenvalue weighted by atomic mass is 10.1. The molecule has 0 atom stereocenters. The van der Waals surface area contributed by atoms with Crippen molar-refractivity contribution in [2.45, 2.75) is 6.42 Å². The second-order valence-electron chi connectivity index (χ2n) is 3.06. The number of carbonyl (C=O) groups is 1. The van der Waals surface area contributed by atoms with Gasteiger partial charge in [-0.3, -0.25) is 0 Å². The fourth-order valence-corrected chi connectivity index (χ4v) is 1.13. The van der Waals surface area contributed by atoms with Gasteiger partial charge in [-0.05, 0) is 31.2 Å². The Labute approximate surface area is 87.7 Å². The Morgan fingerprint density at radius 3 is 2.80 bits per heavy atom. The first kappa shape index (κ1) is 11.3. The van der Waals surface area contributed by atoms with E-state index in [9.17, 15) is 9.90 Å². The van der Waals surface area contributed by atoms with Crippen molar-refractivity contribution in [3.05, 3.63) is 35.4 Å². The summed E-state index contributed by atoms with van der Waals surface area (Å²) < 4.78 is 0. The number of hydrogen-bond donors (Lipinski definition) is 3. The van der Waals surface area contributed by atoms with E-state index in [1.165, 1.54) is 18.2 Å². The number of hydrogen-bond acceptors (Lipinski definition) is 3. The third-order valence-electron chi connectivity index (χ3n) is 1.91. The number of benzene rings is 1. The summed E-state index contributed by atoms with van der Waals surface area (Å²) in [6, 6.07) is 4.15. The van der Waals surface area contributed by atoms with Crippen LogP contribution in [0.4, 0.5) is 0 Å². The molecule has 1 rings (SSSR count). The van der Waals surface area contributed by atoms with Gasteiger partial charge in [0.05, 0.1) is 5.56 Å². The van der Waals surface area contributed by atoms with Gasteiger partial charge in [-0.15, -0.1) is 0 Å².